The molecule has 0 bridgehead atoms. The highest BCUT2D eigenvalue weighted by atomic mass is 16.5. The van der Waals surface area contributed by atoms with Crippen LogP contribution in [0.15, 0.2) is 36.4 Å². The first-order valence-electron chi connectivity index (χ1n) is 15.0. The van der Waals surface area contributed by atoms with Crippen molar-refractivity contribution in [1.82, 2.24) is 15.5 Å². The molecule has 3 aromatic rings. The fraction of sp³-hybridized carbons (Fsp3) is 0.412. The molecule has 0 fully saturated rings. The van der Waals surface area contributed by atoms with Crippen LogP contribution in [0.2, 0.25) is 0 Å². The van der Waals surface area contributed by atoms with Crippen LogP contribution < -0.4 is 10.1 Å². The Morgan fingerprint density at radius 3 is 2.57 bits per heavy atom. The Morgan fingerprint density at radius 1 is 1.16 bits per heavy atom. The molecule has 1 aliphatic rings. The minimum absolute atomic E-state index is 0.0458. The van der Waals surface area contributed by atoms with Crippen molar-refractivity contribution >= 4 is 23.7 Å². The number of benzene rings is 2. The van der Waals surface area contributed by atoms with Gasteiger partial charge in [0.1, 0.15) is 28.6 Å². The lowest BCUT2D eigenvalue weighted by Gasteiger charge is -2.23. The van der Waals surface area contributed by atoms with Gasteiger partial charge in [-0.2, -0.15) is 5.10 Å². The van der Waals surface area contributed by atoms with E-state index in [2.05, 4.69) is 15.5 Å². The molecule has 234 valence electrons. The Morgan fingerprint density at radius 2 is 1.89 bits per heavy atom. The number of amides is 1. The van der Waals surface area contributed by atoms with Gasteiger partial charge in [-0.3, -0.25) is 14.7 Å². The third kappa shape index (κ3) is 7.86. The molecule has 2 aromatic carbocycles. The first-order chi connectivity index (χ1) is 21.1. The molecule has 4 rings (SSSR count). The maximum Gasteiger partial charge on any atom is 0.342 e. The molecule has 44 heavy (non-hydrogen) atoms. The van der Waals surface area contributed by atoms with Crippen molar-refractivity contribution < 1.29 is 34.1 Å². The van der Waals surface area contributed by atoms with Crippen molar-refractivity contribution in [1.29, 1.82) is 0 Å². The lowest BCUT2D eigenvalue weighted by molar-refractivity contribution is -0.121. The summed E-state index contributed by atoms with van der Waals surface area (Å²) in [6, 6.07) is 8.39. The zero-order valence-electron chi connectivity index (χ0n) is 25.7. The van der Waals surface area contributed by atoms with E-state index in [9.17, 15) is 24.6 Å². The van der Waals surface area contributed by atoms with Crippen molar-refractivity contribution in [2.45, 2.75) is 84.3 Å². The van der Waals surface area contributed by atoms with E-state index in [0.29, 0.717) is 49.8 Å². The number of carbonyl (C=O) groups is 3. The molecule has 4 N–H and O–H groups in total. The van der Waals surface area contributed by atoms with Gasteiger partial charge in [-0.15, -0.1) is 0 Å². The second-order valence-electron chi connectivity index (χ2n) is 11.3. The quantitative estimate of drug-likeness (QED) is 0.249. The number of cyclic esters (lactones) is 1. The molecule has 0 radical (unpaired) electrons. The molecule has 0 saturated carbocycles. The molecular weight excluding hydrogens is 562 g/mol. The van der Waals surface area contributed by atoms with Crippen LogP contribution in [0.3, 0.4) is 0 Å². The van der Waals surface area contributed by atoms with Gasteiger partial charge < -0.3 is 25.0 Å². The molecule has 0 aliphatic carbocycles. The number of rotatable bonds is 7. The number of nitrogens with one attached hydrogen (secondary N) is 2. The van der Waals surface area contributed by atoms with Crippen LogP contribution in [0, 0.1) is 13.8 Å². The number of aromatic hydroxyl groups is 2. The summed E-state index contributed by atoms with van der Waals surface area (Å²) in [5.41, 5.74) is 3.39. The van der Waals surface area contributed by atoms with E-state index in [1.54, 1.807) is 50.5 Å². The number of aromatic amines is 1. The number of phenols is 2. The molecule has 1 amide bonds. The second-order valence-corrected chi connectivity index (χ2v) is 11.3. The summed E-state index contributed by atoms with van der Waals surface area (Å²) in [5.74, 6) is -1.81. The molecule has 10 heteroatoms. The number of esters is 1. The average molecular weight is 604 g/mol. The van der Waals surface area contributed by atoms with Gasteiger partial charge in [-0.05, 0) is 75.8 Å². The monoisotopic (exact) mass is 603 g/mol. The van der Waals surface area contributed by atoms with Gasteiger partial charge in [0.05, 0.1) is 18.9 Å². The van der Waals surface area contributed by atoms with Crippen molar-refractivity contribution in [3.8, 4) is 17.2 Å². The fourth-order valence-corrected chi connectivity index (χ4v) is 5.52. The van der Waals surface area contributed by atoms with Crippen LogP contribution in [0.4, 0.5) is 0 Å². The number of aromatic nitrogens is 2. The highest BCUT2D eigenvalue weighted by molar-refractivity contribution is 5.98. The highest BCUT2D eigenvalue weighted by Gasteiger charge is 2.31. The van der Waals surface area contributed by atoms with Crippen LogP contribution in [-0.2, 0) is 20.9 Å². The average Bonchev–Trinajstić information content (AvgIpc) is 3.31. The number of aryl methyl sites for hydroxylation is 2. The lowest BCUT2D eigenvalue weighted by atomic mass is 9.84. The van der Waals surface area contributed by atoms with Gasteiger partial charge in [0.25, 0.3) is 0 Å². The molecule has 1 aromatic heterocycles. The Kier molecular flexibility index (Phi) is 10.8. The lowest BCUT2D eigenvalue weighted by Crippen LogP contribution is -2.25. The van der Waals surface area contributed by atoms with Crippen LogP contribution in [0.5, 0.6) is 17.2 Å². The van der Waals surface area contributed by atoms with Crippen LogP contribution in [0.25, 0.3) is 6.08 Å². The topological polar surface area (TPSA) is 151 Å². The van der Waals surface area contributed by atoms with E-state index in [4.69, 9.17) is 9.47 Å². The zero-order valence-corrected chi connectivity index (χ0v) is 25.7. The summed E-state index contributed by atoms with van der Waals surface area (Å²) in [5, 5.41) is 33.0. The number of ketones is 1. The summed E-state index contributed by atoms with van der Waals surface area (Å²) >= 11 is 0. The maximum absolute atomic E-state index is 13.5. The number of H-pyrrole nitrogens is 1. The molecule has 10 nitrogen and oxygen atoms in total. The number of methoxy groups -OCH3 is 1. The second kappa shape index (κ2) is 14.7. The summed E-state index contributed by atoms with van der Waals surface area (Å²) in [7, 11) is 1.54. The van der Waals surface area contributed by atoms with E-state index in [-0.39, 0.29) is 47.1 Å². The predicted octanol–water partition coefficient (Wildman–Crippen LogP) is 5.77. The van der Waals surface area contributed by atoms with Crippen molar-refractivity contribution in [2.75, 3.05) is 7.11 Å². The van der Waals surface area contributed by atoms with Crippen molar-refractivity contribution in [3.63, 3.8) is 0 Å². The van der Waals surface area contributed by atoms with Gasteiger partial charge in [0, 0.05) is 48.5 Å². The smallest absolute Gasteiger partial charge is 0.342 e. The van der Waals surface area contributed by atoms with Gasteiger partial charge in [0.15, 0.2) is 0 Å². The van der Waals surface area contributed by atoms with E-state index >= 15 is 0 Å². The summed E-state index contributed by atoms with van der Waals surface area (Å²) in [6.45, 7) is 5.73. The number of Topliss-reactive ketones (excluding diaryl/α,β-unsaturated/α-hetero) is 1. The summed E-state index contributed by atoms with van der Waals surface area (Å²) in [6.07, 6.45) is 6.06. The van der Waals surface area contributed by atoms with E-state index in [1.807, 2.05) is 13.8 Å². The Balaban J connectivity index is 1.75. The minimum Gasteiger partial charge on any atom is -0.507 e. The predicted molar refractivity (Wildman–Crippen MR) is 166 cm³/mol. The Bertz CT molecular complexity index is 1510. The highest BCUT2D eigenvalue weighted by Crippen LogP contribution is 2.44. The van der Waals surface area contributed by atoms with Crippen LogP contribution >= 0.6 is 0 Å². The molecule has 0 saturated heterocycles. The molecule has 2 heterocycles. The zero-order chi connectivity index (χ0) is 31.8. The number of ether oxygens (including phenoxy) is 2. The van der Waals surface area contributed by atoms with Crippen LogP contribution in [0.1, 0.15) is 102 Å². The SMILES string of the molecule is COc1ccc(C(CC(=O)NCc2c(C)n[nH]c2C)c2c(O)cc3c(c2O)C(=O)O[C@@H](C)CCCC(=O)CCC/C=C/3)cc1. The van der Waals surface area contributed by atoms with Crippen molar-refractivity contribution in [2.24, 2.45) is 0 Å². The van der Waals surface area contributed by atoms with Gasteiger partial charge in [-0.25, -0.2) is 4.79 Å². The number of phenolic OH excluding ortho intramolecular Hbond substituents is 2. The number of fused-ring (bicyclic) bond motifs is 1. The van der Waals surface area contributed by atoms with Crippen molar-refractivity contribution in [3.05, 3.63) is 75.6 Å². The number of hydrogen-bond acceptors (Lipinski definition) is 8. The third-order valence-corrected chi connectivity index (χ3v) is 8.05. The molecule has 1 unspecified atom stereocenters. The minimum atomic E-state index is -0.814. The molecule has 1 aliphatic heterocycles. The van der Waals surface area contributed by atoms with E-state index in [0.717, 1.165) is 17.0 Å². The van der Waals surface area contributed by atoms with Gasteiger partial charge >= 0.3 is 5.97 Å². The molecular formula is C34H41N3O7. The van der Waals surface area contributed by atoms with E-state index in [1.165, 1.54) is 6.07 Å². The maximum atomic E-state index is 13.5. The molecule has 0 spiro atoms. The number of carbonyl (C=O) groups excluding carboxylic acids is 3. The number of nitrogens with zero attached hydrogens (tertiary/aromatic N) is 1. The van der Waals surface area contributed by atoms with Gasteiger partial charge in [0.2, 0.25) is 5.91 Å². The summed E-state index contributed by atoms with van der Waals surface area (Å²) in [4.78, 5) is 39.0. The normalized spacial score (nSPS) is 17.6. The fourth-order valence-electron chi connectivity index (χ4n) is 5.52. The Hall–Kier alpha value is -4.60. The first-order valence-corrected chi connectivity index (χ1v) is 15.0. The van der Waals surface area contributed by atoms with Crippen LogP contribution in [-0.4, -0.2) is 51.3 Å². The number of hydrogen-bond donors (Lipinski definition) is 4. The first kappa shape index (κ1) is 32.3. The van der Waals surface area contributed by atoms with Gasteiger partial charge in [-0.1, -0.05) is 24.3 Å². The van der Waals surface area contributed by atoms with E-state index < -0.39 is 23.7 Å². The third-order valence-electron chi connectivity index (χ3n) is 8.05. The number of allylic oxidation sites excluding steroid dienone is 1. The standard InChI is InChI=1S/C34H41N3O7/c1-20-9-8-12-25(38)11-7-5-6-10-24-17-29(39)32(33(41)31(24)34(42)44-20)27(23-13-15-26(43-4)16-14-23)18-30(40)35-19-28-21(2)36-37-22(28)3/h6,10,13-17,20,27,39,41H,5,7-9,11-12,18-19H2,1-4H3,(H,35,40)(H,36,37)/b10-6+/t20-,27?/m0/s1. The Labute approximate surface area is 257 Å². The molecule has 2 atom stereocenters. The summed E-state index contributed by atoms with van der Waals surface area (Å²) < 4.78 is 11.0. The largest absolute Gasteiger partial charge is 0.507 e.